The lowest BCUT2D eigenvalue weighted by atomic mass is 9.86. The molecule has 2 atom stereocenters. The van der Waals surface area contributed by atoms with Crippen molar-refractivity contribution in [1.29, 1.82) is 0 Å². The van der Waals surface area contributed by atoms with Crippen molar-refractivity contribution >= 4 is 15.6 Å². The Hall–Kier alpha value is -1.23. The summed E-state index contributed by atoms with van der Waals surface area (Å²) in [6.45, 7) is 3.47. The summed E-state index contributed by atoms with van der Waals surface area (Å²) in [6.07, 6.45) is 2.21. The maximum atomic E-state index is 13.4. The van der Waals surface area contributed by atoms with E-state index in [2.05, 4.69) is 0 Å². The minimum atomic E-state index is -3.02. The van der Waals surface area contributed by atoms with Crippen molar-refractivity contribution in [3.05, 3.63) is 34.6 Å². The number of carbonyl (C=O) groups is 1. The summed E-state index contributed by atoms with van der Waals surface area (Å²) in [5, 5.41) is -0.711. The molecule has 2 heterocycles. The molecule has 3 nitrogen and oxygen atoms in total. The van der Waals surface area contributed by atoms with Crippen molar-refractivity contribution in [2.45, 2.75) is 50.0 Å². The summed E-state index contributed by atoms with van der Waals surface area (Å²) in [5.74, 6) is -0.599. The van der Waals surface area contributed by atoms with E-state index in [4.69, 9.17) is 0 Å². The SMILES string of the molecule is Cc1cc(F)cc(C)c1C(=O)C1CC2CCC(C1)S2(=O)=O. The molecule has 0 aliphatic carbocycles. The first-order valence-corrected chi connectivity index (χ1v) is 8.95. The van der Waals surface area contributed by atoms with Crippen molar-refractivity contribution in [3.63, 3.8) is 0 Å². The zero-order chi connectivity index (χ0) is 15.4. The number of ketones is 1. The Labute approximate surface area is 124 Å². The van der Waals surface area contributed by atoms with Gasteiger partial charge >= 0.3 is 0 Å². The van der Waals surface area contributed by atoms with Gasteiger partial charge in [0.05, 0.1) is 10.5 Å². The lowest BCUT2D eigenvalue weighted by Crippen LogP contribution is -2.36. The molecule has 0 spiro atoms. The largest absolute Gasteiger partial charge is 0.294 e. The van der Waals surface area contributed by atoms with E-state index in [9.17, 15) is 17.6 Å². The van der Waals surface area contributed by atoms with Crippen LogP contribution in [0.5, 0.6) is 0 Å². The van der Waals surface area contributed by atoms with Gasteiger partial charge in [0.2, 0.25) is 0 Å². The predicted molar refractivity (Wildman–Crippen MR) is 78.7 cm³/mol. The maximum absolute atomic E-state index is 13.4. The smallest absolute Gasteiger partial charge is 0.166 e. The number of hydrogen-bond acceptors (Lipinski definition) is 3. The first kappa shape index (κ1) is 14.7. The monoisotopic (exact) mass is 310 g/mol. The molecule has 0 saturated carbocycles. The number of rotatable bonds is 2. The fourth-order valence-electron chi connectivity index (χ4n) is 3.92. The van der Waals surface area contributed by atoms with Crippen LogP contribution in [0.4, 0.5) is 4.39 Å². The highest BCUT2D eigenvalue weighted by atomic mass is 32.2. The molecule has 2 aliphatic rings. The van der Waals surface area contributed by atoms with Gasteiger partial charge in [0.1, 0.15) is 5.82 Å². The number of sulfone groups is 1. The van der Waals surface area contributed by atoms with E-state index in [1.165, 1.54) is 12.1 Å². The Kier molecular flexibility index (Phi) is 3.43. The molecule has 0 N–H and O–H groups in total. The molecule has 2 fully saturated rings. The van der Waals surface area contributed by atoms with Gasteiger partial charge in [-0.1, -0.05) is 0 Å². The summed E-state index contributed by atoms with van der Waals surface area (Å²) in [7, 11) is -3.02. The Morgan fingerprint density at radius 2 is 1.57 bits per heavy atom. The zero-order valence-electron chi connectivity index (χ0n) is 12.2. The third kappa shape index (κ3) is 2.31. The molecule has 2 unspecified atom stereocenters. The number of halogens is 1. The second-order valence-electron chi connectivity index (χ2n) is 6.36. The fraction of sp³-hybridized carbons (Fsp3) is 0.562. The number of carbonyl (C=O) groups excluding carboxylic acids is 1. The van der Waals surface area contributed by atoms with Gasteiger partial charge in [-0.25, -0.2) is 12.8 Å². The summed E-state index contributed by atoms with van der Waals surface area (Å²) in [4.78, 5) is 12.8. The summed E-state index contributed by atoms with van der Waals surface area (Å²) < 4.78 is 37.6. The van der Waals surface area contributed by atoms with E-state index in [0.717, 1.165) is 0 Å². The molecule has 2 aliphatic heterocycles. The fourth-order valence-corrected chi connectivity index (χ4v) is 6.40. The molecule has 2 bridgehead atoms. The normalized spacial score (nSPS) is 30.3. The van der Waals surface area contributed by atoms with Gasteiger partial charge in [0.25, 0.3) is 0 Å². The van der Waals surface area contributed by atoms with Crippen LogP contribution in [0.15, 0.2) is 12.1 Å². The Morgan fingerprint density at radius 3 is 2.05 bits per heavy atom. The quantitative estimate of drug-likeness (QED) is 0.789. The van der Waals surface area contributed by atoms with Crippen LogP contribution >= 0.6 is 0 Å². The number of Topliss-reactive ketones (excluding diaryl/α,β-unsaturated/α-hetero) is 1. The second-order valence-corrected chi connectivity index (χ2v) is 8.87. The van der Waals surface area contributed by atoms with Crippen LogP contribution in [-0.2, 0) is 9.84 Å². The highest BCUT2D eigenvalue weighted by Gasteiger charge is 2.48. The van der Waals surface area contributed by atoms with Gasteiger partial charge in [-0.2, -0.15) is 0 Å². The predicted octanol–water partition coefficient (Wildman–Crippen LogP) is 2.98. The number of hydrogen-bond donors (Lipinski definition) is 0. The highest BCUT2D eigenvalue weighted by molar-refractivity contribution is 7.93. The van der Waals surface area contributed by atoms with Crippen molar-refractivity contribution in [3.8, 4) is 0 Å². The average molecular weight is 310 g/mol. The standard InChI is InChI=1S/C16H19FO3S/c1-9-5-12(17)6-10(2)15(9)16(18)11-7-13-3-4-14(8-11)21(13,19)20/h5-6,11,13-14H,3-4,7-8H2,1-2H3. The van der Waals surface area contributed by atoms with Gasteiger partial charge < -0.3 is 0 Å². The molecule has 2 saturated heterocycles. The van der Waals surface area contributed by atoms with E-state index in [1.54, 1.807) is 13.8 Å². The van der Waals surface area contributed by atoms with E-state index in [0.29, 0.717) is 42.4 Å². The maximum Gasteiger partial charge on any atom is 0.166 e. The van der Waals surface area contributed by atoms with E-state index < -0.39 is 9.84 Å². The molecule has 0 radical (unpaired) electrons. The van der Waals surface area contributed by atoms with E-state index in [-0.39, 0.29) is 28.0 Å². The van der Waals surface area contributed by atoms with E-state index in [1.807, 2.05) is 0 Å². The van der Waals surface area contributed by atoms with Crippen LogP contribution in [0.25, 0.3) is 0 Å². The lowest BCUT2D eigenvalue weighted by molar-refractivity contribution is 0.0904. The average Bonchev–Trinajstić information content (AvgIpc) is 2.57. The third-order valence-electron chi connectivity index (χ3n) is 4.95. The molecule has 21 heavy (non-hydrogen) atoms. The van der Waals surface area contributed by atoms with Gasteiger partial charge in [-0.15, -0.1) is 0 Å². The Morgan fingerprint density at radius 1 is 1.10 bits per heavy atom. The summed E-state index contributed by atoms with van der Waals surface area (Å²) in [6, 6.07) is 2.74. The Bertz CT molecular complexity index is 665. The van der Waals surface area contributed by atoms with Crippen LogP contribution in [-0.4, -0.2) is 24.7 Å². The molecular formula is C16H19FO3S. The minimum Gasteiger partial charge on any atom is -0.294 e. The van der Waals surface area contributed by atoms with Crippen molar-refractivity contribution in [2.24, 2.45) is 5.92 Å². The van der Waals surface area contributed by atoms with Gasteiger partial charge in [0, 0.05) is 11.5 Å². The first-order valence-electron chi connectivity index (χ1n) is 7.34. The topological polar surface area (TPSA) is 51.2 Å². The molecule has 114 valence electrons. The lowest BCUT2D eigenvalue weighted by Gasteiger charge is -2.27. The Balaban J connectivity index is 1.92. The third-order valence-corrected chi connectivity index (χ3v) is 7.66. The number of fused-ring (bicyclic) bond motifs is 2. The first-order chi connectivity index (χ1) is 9.80. The van der Waals surface area contributed by atoms with Gasteiger partial charge in [0.15, 0.2) is 15.6 Å². The molecule has 1 aromatic carbocycles. The molecular weight excluding hydrogens is 291 g/mol. The number of aryl methyl sites for hydroxylation is 2. The second kappa shape index (κ2) is 4.90. The minimum absolute atomic E-state index is 0.0169. The zero-order valence-corrected chi connectivity index (χ0v) is 13.0. The molecule has 3 rings (SSSR count). The van der Waals surface area contributed by atoms with Crippen LogP contribution in [0.2, 0.25) is 0 Å². The summed E-state index contributed by atoms with van der Waals surface area (Å²) >= 11 is 0. The van der Waals surface area contributed by atoms with Crippen molar-refractivity contribution in [1.82, 2.24) is 0 Å². The molecule has 0 aromatic heterocycles. The highest BCUT2D eigenvalue weighted by Crippen LogP contribution is 2.42. The van der Waals surface area contributed by atoms with Crippen LogP contribution in [0.3, 0.4) is 0 Å². The van der Waals surface area contributed by atoms with Crippen LogP contribution in [0.1, 0.15) is 47.2 Å². The molecule has 1 aromatic rings. The summed E-state index contributed by atoms with van der Waals surface area (Å²) in [5.41, 5.74) is 1.84. The van der Waals surface area contributed by atoms with E-state index >= 15 is 0 Å². The molecule has 0 amide bonds. The van der Waals surface area contributed by atoms with Crippen LogP contribution in [0, 0.1) is 25.6 Å². The van der Waals surface area contributed by atoms with Crippen molar-refractivity contribution in [2.75, 3.05) is 0 Å². The van der Waals surface area contributed by atoms with Gasteiger partial charge in [-0.3, -0.25) is 4.79 Å². The number of benzene rings is 1. The van der Waals surface area contributed by atoms with Crippen LogP contribution < -0.4 is 0 Å². The van der Waals surface area contributed by atoms with Gasteiger partial charge in [-0.05, 0) is 62.8 Å². The van der Waals surface area contributed by atoms with Crippen molar-refractivity contribution < 1.29 is 17.6 Å². The molecule has 5 heteroatoms.